The van der Waals surface area contributed by atoms with Crippen molar-refractivity contribution in [2.24, 2.45) is 0 Å². The molecule has 1 atom stereocenters. The Morgan fingerprint density at radius 2 is 2.00 bits per heavy atom. The minimum atomic E-state index is -0.965. The van der Waals surface area contributed by atoms with Gasteiger partial charge >= 0.3 is 5.97 Å². The first-order valence-corrected chi connectivity index (χ1v) is 5.43. The highest BCUT2D eigenvalue weighted by Crippen LogP contribution is 1.89. The normalized spacial score (nSPS) is 13.1. The van der Waals surface area contributed by atoms with Gasteiger partial charge in [0, 0.05) is 19.6 Å². The van der Waals surface area contributed by atoms with Gasteiger partial charge in [0.25, 0.3) is 0 Å². The molecule has 0 fully saturated rings. The van der Waals surface area contributed by atoms with E-state index in [1.54, 1.807) is 0 Å². The van der Waals surface area contributed by atoms with Crippen molar-refractivity contribution in [2.45, 2.75) is 26.4 Å². The molecule has 0 rings (SSSR count). The SMILES string of the molecule is CCN(CC)CCNCC(O)CC(=O)O. The van der Waals surface area contributed by atoms with Crippen molar-refractivity contribution in [1.29, 1.82) is 0 Å². The van der Waals surface area contributed by atoms with E-state index in [1.807, 2.05) is 0 Å². The summed E-state index contributed by atoms with van der Waals surface area (Å²) in [5.41, 5.74) is 0. The van der Waals surface area contributed by atoms with Crippen LogP contribution in [0.3, 0.4) is 0 Å². The molecule has 90 valence electrons. The second kappa shape index (κ2) is 8.64. The van der Waals surface area contributed by atoms with Crippen LogP contribution in [-0.2, 0) is 4.79 Å². The number of aliphatic carboxylic acids is 1. The first-order valence-electron chi connectivity index (χ1n) is 5.43. The zero-order valence-corrected chi connectivity index (χ0v) is 9.57. The van der Waals surface area contributed by atoms with Gasteiger partial charge in [-0.2, -0.15) is 0 Å². The molecule has 0 aromatic rings. The van der Waals surface area contributed by atoms with E-state index >= 15 is 0 Å². The van der Waals surface area contributed by atoms with Crippen molar-refractivity contribution < 1.29 is 15.0 Å². The Labute approximate surface area is 91.1 Å². The number of carbonyl (C=O) groups is 1. The molecule has 5 nitrogen and oxygen atoms in total. The smallest absolute Gasteiger partial charge is 0.306 e. The average Bonchev–Trinajstić information content (AvgIpc) is 2.17. The molecule has 0 aromatic heterocycles. The Balaban J connectivity index is 3.40. The quantitative estimate of drug-likeness (QED) is 0.466. The number of carboxylic acid groups (broad SMARTS) is 1. The molecule has 0 aliphatic carbocycles. The molecular formula is C10H22N2O3. The van der Waals surface area contributed by atoms with E-state index in [1.165, 1.54) is 0 Å². The van der Waals surface area contributed by atoms with Crippen LogP contribution in [0.2, 0.25) is 0 Å². The molecule has 3 N–H and O–H groups in total. The Morgan fingerprint density at radius 1 is 1.40 bits per heavy atom. The van der Waals surface area contributed by atoms with Crippen LogP contribution in [0, 0.1) is 0 Å². The van der Waals surface area contributed by atoms with Crippen molar-refractivity contribution in [3.05, 3.63) is 0 Å². The molecule has 0 radical (unpaired) electrons. The fraction of sp³-hybridized carbons (Fsp3) is 0.900. The molecule has 0 aliphatic heterocycles. The molecule has 0 aliphatic rings. The summed E-state index contributed by atoms with van der Waals surface area (Å²) in [6.07, 6.45) is -0.989. The lowest BCUT2D eigenvalue weighted by Gasteiger charge is -2.18. The summed E-state index contributed by atoms with van der Waals surface area (Å²) in [5.74, 6) is -0.965. The predicted molar refractivity (Wildman–Crippen MR) is 58.9 cm³/mol. The number of nitrogens with one attached hydrogen (secondary N) is 1. The number of aliphatic hydroxyl groups is 1. The highest BCUT2D eigenvalue weighted by Gasteiger charge is 2.08. The van der Waals surface area contributed by atoms with Crippen LogP contribution >= 0.6 is 0 Å². The molecule has 15 heavy (non-hydrogen) atoms. The Kier molecular flexibility index (Phi) is 8.27. The number of hydrogen-bond donors (Lipinski definition) is 3. The van der Waals surface area contributed by atoms with Crippen molar-refractivity contribution in [2.75, 3.05) is 32.7 Å². The van der Waals surface area contributed by atoms with Crippen LogP contribution in [0.4, 0.5) is 0 Å². The van der Waals surface area contributed by atoms with Gasteiger partial charge in [-0.05, 0) is 13.1 Å². The fourth-order valence-electron chi connectivity index (χ4n) is 1.32. The third-order valence-electron chi connectivity index (χ3n) is 2.29. The Bertz CT molecular complexity index is 172. The van der Waals surface area contributed by atoms with Gasteiger partial charge in [0.2, 0.25) is 0 Å². The highest BCUT2D eigenvalue weighted by molar-refractivity contribution is 5.67. The molecule has 0 spiro atoms. The number of aliphatic hydroxyl groups excluding tert-OH is 1. The summed E-state index contributed by atoms with van der Waals surface area (Å²) in [5, 5.41) is 20.7. The molecule has 1 unspecified atom stereocenters. The molecule has 0 saturated heterocycles. The third kappa shape index (κ3) is 8.35. The molecule has 5 heteroatoms. The van der Waals surface area contributed by atoms with Crippen LogP contribution < -0.4 is 5.32 Å². The minimum absolute atomic E-state index is 0.196. The lowest BCUT2D eigenvalue weighted by molar-refractivity contribution is -0.139. The van der Waals surface area contributed by atoms with E-state index in [4.69, 9.17) is 5.11 Å². The van der Waals surface area contributed by atoms with Crippen LogP contribution in [0.15, 0.2) is 0 Å². The van der Waals surface area contributed by atoms with Crippen molar-refractivity contribution in [3.63, 3.8) is 0 Å². The van der Waals surface area contributed by atoms with E-state index in [0.717, 1.165) is 26.2 Å². The molecule has 0 aromatic carbocycles. The van der Waals surface area contributed by atoms with Gasteiger partial charge in [0.05, 0.1) is 12.5 Å². The summed E-state index contributed by atoms with van der Waals surface area (Å²) < 4.78 is 0. The second-order valence-electron chi connectivity index (χ2n) is 3.48. The fourth-order valence-corrected chi connectivity index (χ4v) is 1.32. The maximum Gasteiger partial charge on any atom is 0.306 e. The van der Waals surface area contributed by atoms with Gasteiger partial charge in [-0.25, -0.2) is 0 Å². The average molecular weight is 218 g/mol. The predicted octanol–water partition coefficient (Wildman–Crippen LogP) is -0.247. The van der Waals surface area contributed by atoms with Gasteiger partial charge < -0.3 is 20.4 Å². The number of likely N-dealkylation sites (N-methyl/N-ethyl adjacent to an activating group) is 1. The van der Waals surface area contributed by atoms with E-state index in [2.05, 4.69) is 24.1 Å². The summed E-state index contributed by atoms with van der Waals surface area (Å²) >= 11 is 0. The van der Waals surface area contributed by atoms with Crippen molar-refractivity contribution >= 4 is 5.97 Å². The van der Waals surface area contributed by atoms with Gasteiger partial charge in [0.15, 0.2) is 0 Å². The standard InChI is InChI=1S/C10H22N2O3/c1-3-12(4-2)6-5-11-8-9(13)7-10(14)15/h9,11,13H,3-8H2,1-2H3,(H,14,15). The van der Waals surface area contributed by atoms with Crippen molar-refractivity contribution in [3.8, 4) is 0 Å². The van der Waals surface area contributed by atoms with E-state index in [-0.39, 0.29) is 6.42 Å². The van der Waals surface area contributed by atoms with Crippen LogP contribution in [0.1, 0.15) is 20.3 Å². The van der Waals surface area contributed by atoms with E-state index in [9.17, 15) is 9.90 Å². The molecule has 0 amide bonds. The largest absolute Gasteiger partial charge is 0.481 e. The first-order chi connectivity index (χ1) is 7.10. The van der Waals surface area contributed by atoms with Crippen LogP contribution in [0.25, 0.3) is 0 Å². The van der Waals surface area contributed by atoms with E-state index < -0.39 is 12.1 Å². The van der Waals surface area contributed by atoms with Crippen LogP contribution in [-0.4, -0.2) is 59.9 Å². The monoisotopic (exact) mass is 218 g/mol. The molecule has 0 heterocycles. The highest BCUT2D eigenvalue weighted by atomic mass is 16.4. The Morgan fingerprint density at radius 3 is 2.47 bits per heavy atom. The molecule has 0 saturated carbocycles. The number of carboxylic acids is 1. The number of rotatable bonds is 9. The van der Waals surface area contributed by atoms with E-state index in [0.29, 0.717) is 6.54 Å². The van der Waals surface area contributed by atoms with Gasteiger partial charge in [0.1, 0.15) is 0 Å². The minimum Gasteiger partial charge on any atom is -0.481 e. The molecular weight excluding hydrogens is 196 g/mol. The summed E-state index contributed by atoms with van der Waals surface area (Å²) in [6, 6.07) is 0. The topological polar surface area (TPSA) is 72.8 Å². The zero-order chi connectivity index (χ0) is 11.7. The summed E-state index contributed by atoms with van der Waals surface area (Å²) in [4.78, 5) is 12.5. The maximum atomic E-state index is 10.2. The second-order valence-corrected chi connectivity index (χ2v) is 3.48. The lowest BCUT2D eigenvalue weighted by atomic mass is 10.2. The lowest BCUT2D eigenvalue weighted by Crippen LogP contribution is -2.35. The Hall–Kier alpha value is -0.650. The van der Waals surface area contributed by atoms with Gasteiger partial charge in [-0.1, -0.05) is 13.8 Å². The zero-order valence-electron chi connectivity index (χ0n) is 9.57. The third-order valence-corrected chi connectivity index (χ3v) is 2.29. The summed E-state index contributed by atoms with van der Waals surface area (Å²) in [6.45, 7) is 8.26. The maximum absolute atomic E-state index is 10.2. The number of hydrogen-bond acceptors (Lipinski definition) is 4. The van der Waals surface area contributed by atoms with Gasteiger partial charge in [-0.15, -0.1) is 0 Å². The number of nitrogens with zero attached hydrogens (tertiary/aromatic N) is 1. The summed E-state index contributed by atoms with van der Waals surface area (Å²) in [7, 11) is 0. The van der Waals surface area contributed by atoms with Crippen molar-refractivity contribution in [1.82, 2.24) is 10.2 Å². The first kappa shape index (κ1) is 14.3. The van der Waals surface area contributed by atoms with Gasteiger partial charge in [-0.3, -0.25) is 4.79 Å². The molecule has 0 bridgehead atoms. The van der Waals surface area contributed by atoms with Crippen LogP contribution in [0.5, 0.6) is 0 Å².